The summed E-state index contributed by atoms with van der Waals surface area (Å²) >= 11 is 0. The van der Waals surface area contributed by atoms with Crippen molar-refractivity contribution < 1.29 is 9.66 Å². The van der Waals surface area contributed by atoms with Gasteiger partial charge in [-0.05, 0) is 17.0 Å². The Morgan fingerprint density at radius 1 is 0.941 bits per heavy atom. The number of rotatable bonds is 2. The zero-order valence-corrected chi connectivity index (χ0v) is 8.98. The third kappa shape index (κ3) is 2.75. The lowest BCUT2D eigenvalue weighted by atomic mass is 10.2. The minimum Gasteiger partial charge on any atom is -0.594 e. The van der Waals surface area contributed by atoms with Crippen LogP contribution in [0.15, 0.2) is 65.8 Å². The van der Waals surface area contributed by atoms with Crippen LogP contribution < -0.4 is 0 Å². The molecule has 0 atom stereocenters. The maximum Gasteiger partial charge on any atom is 0.340 e. The molecule has 2 aromatic rings. The Morgan fingerprint density at radius 2 is 1.47 bits per heavy atom. The van der Waals surface area contributed by atoms with E-state index in [2.05, 4.69) is 5.11 Å². The summed E-state index contributed by atoms with van der Waals surface area (Å²) in [5.41, 5.74) is 0.723. The monoisotopic (exact) mass is 226 g/mol. The van der Waals surface area contributed by atoms with Crippen molar-refractivity contribution in [2.24, 2.45) is 5.11 Å². The van der Waals surface area contributed by atoms with Crippen LogP contribution in [0.3, 0.4) is 0 Å². The lowest BCUT2D eigenvalue weighted by molar-refractivity contribution is -0.434. The number of hydrogen-bond acceptors (Lipinski definition) is 2. The van der Waals surface area contributed by atoms with Gasteiger partial charge in [0.2, 0.25) is 5.69 Å². The lowest BCUT2D eigenvalue weighted by Crippen LogP contribution is -2.00. The van der Waals surface area contributed by atoms with Crippen molar-refractivity contribution in [3.8, 4) is 0 Å². The number of hydrogen-bond donors (Lipinski definition) is 0. The van der Waals surface area contributed by atoms with E-state index in [1.807, 2.05) is 0 Å². The van der Waals surface area contributed by atoms with Crippen LogP contribution in [0.1, 0.15) is 10.4 Å². The number of amides is 1. The van der Waals surface area contributed by atoms with Crippen molar-refractivity contribution >= 4 is 11.6 Å². The molecule has 0 bridgehead atoms. The Hall–Kier alpha value is -2.49. The molecule has 0 aliphatic rings. The fourth-order valence-corrected chi connectivity index (χ4v) is 1.33. The van der Waals surface area contributed by atoms with Crippen molar-refractivity contribution in [1.82, 2.24) is 0 Å². The standard InChI is InChI=1S/C13H10N2O2/c16-13(11-7-3-1-4-8-11)14-15(17)12-9-5-2-6-10-12/h1-10H. The highest BCUT2D eigenvalue weighted by atomic mass is 16.5. The Morgan fingerprint density at radius 3 is 2.06 bits per heavy atom. The van der Waals surface area contributed by atoms with Gasteiger partial charge in [-0.1, -0.05) is 36.4 Å². The van der Waals surface area contributed by atoms with Gasteiger partial charge < -0.3 is 5.21 Å². The van der Waals surface area contributed by atoms with Gasteiger partial charge >= 0.3 is 5.91 Å². The van der Waals surface area contributed by atoms with Gasteiger partial charge in [0, 0.05) is 17.7 Å². The molecular weight excluding hydrogens is 216 g/mol. The second-order valence-corrected chi connectivity index (χ2v) is 3.38. The number of benzene rings is 2. The predicted molar refractivity (Wildman–Crippen MR) is 62.9 cm³/mol. The van der Waals surface area contributed by atoms with Crippen LogP contribution in [0.5, 0.6) is 0 Å². The minimum absolute atomic E-state index is 0.329. The molecule has 0 aromatic heterocycles. The molecular formula is C13H10N2O2. The maximum atomic E-state index is 11.6. The summed E-state index contributed by atoms with van der Waals surface area (Å²) in [6.45, 7) is 0. The number of carbonyl (C=O) groups excluding carboxylic acids is 1. The van der Waals surface area contributed by atoms with E-state index in [9.17, 15) is 10.0 Å². The van der Waals surface area contributed by atoms with Crippen molar-refractivity contribution in [3.05, 3.63) is 71.4 Å². The van der Waals surface area contributed by atoms with Gasteiger partial charge in [-0.25, -0.2) is 0 Å². The summed E-state index contributed by atoms with van der Waals surface area (Å²) in [5, 5.41) is 15.0. The molecule has 0 aliphatic heterocycles. The molecule has 0 spiro atoms. The third-order valence-electron chi connectivity index (χ3n) is 2.18. The van der Waals surface area contributed by atoms with E-state index in [1.54, 1.807) is 60.7 Å². The van der Waals surface area contributed by atoms with Gasteiger partial charge in [0.05, 0.1) is 5.11 Å². The quantitative estimate of drug-likeness (QED) is 0.448. The first-order valence-corrected chi connectivity index (χ1v) is 5.11. The van der Waals surface area contributed by atoms with E-state index in [4.69, 9.17) is 0 Å². The second-order valence-electron chi connectivity index (χ2n) is 3.38. The molecule has 84 valence electrons. The molecule has 0 unspecified atom stereocenters. The van der Waals surface area contributed by atoms with Crippen molar-refractivity contribution in [3.63, 3.8) is 0 Å². The van der Waals surface area contributed by atoms with Crippen molar-refractivity contribution in [2.45, 2.75) is 0 Å². The van der Waals surface area contributed by atoms with Crippen molar-refractivity contribution in [1.29, 1.82) is 0 Å². The molecule has 0 fully saturated rings. The van der Waals surface area contributed by atoms with E-state index in [0.717, 1.165) is 0 Å². The van der Waals surface area contributed by atoms with Gasteiger partial charge in [0.15, 0.2) is 0 Å². The molecule has 17 heavy (non-hydrogen) atoms. The largest absolute Gasteiger partial charge is 0.594 e. The van der Waals surface area contributed by atoms with E-state index < -0.39 is 5.91 Å². The van der Waals surface area contributed by atoms with Crippen LogP contribution in [-0.4, -0.2) is 10.8 Å². The first-order chi connectivity index (χ1) is 8.27. The van der Waals surface area contributed by atoms with Gasteiger partial charge in [0.25, 0.3) is 0 Å². The average Bonchev–Trinajstić information content (AvgIpc) is 2.40. The minimum atomic E-state index is -0.551. The van der Waals surface area contributed by atoms with Crippen molar-refractivity contribution in [2.75, 3.05) is 0 Å². The average molecular weight is 226 g/mol. The fraction of sp³-hybridized carbons (Fsp3) is 0. The van der Waals surface area contributed by atoms with Crippen LogP contribution in [-0.2, 0) is 0 Å². The van der Waals surface area contributed by atoms with Crippen LogP contribution >= 0.6 is 0 Å². The summed E-state index contributed by atoms with van der Waals surface area (Å²) < 4.78 is 0. The highest BCUT2D eigenvalue weighted by Gasteiger charge is 2.09. The molecule has 0 aliphatic carbocycles. The van der Waals surface area contributed by atoms with E-state index in [0.29, 0.717) is 16.1 Å². The third-order valence-corrected chi connectivity index (χ3v) is 2.18. The van der Waals surface area contributed by atoms with Gasteiger partial charge in [-0.3, -0.25) is 4.79 Å². The summed E-state index contributed by atoms with van der Waals surface area (Å²) in [6.07, 6.45) is 0. The molecule has 2 rings (SSSR count). The van der Waals surface area contributed by atoms with Crippen LogP contribution in [0.25, 0.3) is 0 Å². The molecule has 0 saturated carbocycles. The van der Waals surface area contributed by atoms with Gasteiger partial charge in [0.1, 0.15) is 0 Å². The Kier molecular flexibility index (Phi) is 3.25. The fourth-order valence-electron chi connectivity index (χ4n) is 1.33. The zero-order chi connectivity index (χ0) is 12.1. The SMILES string of the molecule is O=C(N=[N+]([O-])c1ccccc1)c1ccccc1. The Labute approximate surface area is 98.4 Å². The lowest BCUT2D eigenvalue weighted by Gasteiger charge is -1.98. The molecule has 0 saturated heterocycles. The van der Waals surface area contributed by atoms with E-state index >= 15 is 0 Å². The summed E-state index contributed by atoms with van der Waals surface area (Å²) in [4.78, 5) is 11.9. The molecule has 0 N–H and O–H groups in total. The highest BCUT2D eigenvalue weighted by molar-refractivity contribution is 5.94. The molecule has 0 radical (unpaired) electrons. The van der Waals surface area contributed by atoms with Crippen LogP contribution in [0.2, 0.25) is 0 Å². The normalized spacial score (nSPS) is 11.2. The summed E-state index contributed by atoms with van der Waals surface area (Å²) in [6, 6.07) is 16.9. The van der Waals surface area contributed by atoms with E-state index in [1.165, 1.54) is 0 Å². The first-order valence-electron chi connectivity index (χ1n) is 5.11. The molecule has 1 amide bonds. The predicted octanol–water partition coefficient (Wildman–Crippen LogP) is 3.12. The highest BCUT2D eigenvalue weighted by Crippen LogP contribution is 2.11. The second kappa shape index (κ2) is 5.03. The zero-order valence-electron chi connectivity index (χ0n) is 8.98. The van der Waals surface area contributed by atoms with Gasteiger partial charge in [-0.2, -0.15) is 0 Å². The first kappa shape index (κ1) is 11.0. The van der Waals surface area contributed by atoms with Gasteiger partial charge in [-0.15, -0.1) is 0 Å². The Bertz CT molecular complexity index is 536. The maximum absolute atomic E-state index is 11.6. The van der Waals surface area contributed by atoms with E-state index in [-0.39, 0.29) is 0 Å². The van der Waals surface area contributed by atoms with Crippen LogP contribution in [0, 0.1) is 5.21 Å². The number of nitrogens with zero attached hydrogens (tertiary/aromatic N) is 2. The summed E-state index contributed by atoms with van der Waals surface area (Å²) in [5.74, 6) is -0.551. The number of azo groups is 1. The summed E-state index contributed by atoms with van der Waals surface area (Å²) in [7, 11) is 0. The number of carbonyl (C=O) groups is 1. The topological polar surface area (TPSA) is 55.5 Å². The Balaban J connectivity index is 2.24. The smallest absolute Gasteiger partial charge is 0.340 e. The molecule has 4 heteroatoms. The molecule has 0 heterocycles. The molecule has 4 nitrogen and oxygen atoms in total. The molecule has 2 aromatic carbocycles. The van der Waals surface area contributed by atoms with Crippen LogP contribution in [0.4, 0.5) is 5.69 Å². The number of para-hydroxylation sites is 1.